The van der Waals surface area contributed by atoms with Crippen LogP contribution in [0.15, 0.2) is 35.3 Å². The van der Waals surface area contributed by atoms with Crippen LogP contribution in [0.25, 0.3) is 22.4 Å². The first-order valence-corrected chi connectivity index (χ1v) is 14.1. The van der Waals surface area contributed by atoms with Crippen molar-refractivity contribution in [2.45, 2.75) is 64.4 Å². The van der Waals surface area contributed by atoms with Gasteiger partial charge in [-0.05, 0) is 56.4 Å². The van der Waals surface area contributed by atoms with Crippen LogP contribution in [0.5, 0.6) is 0 Å². The van der Waals surface area contributed by atoms with Crippen molar-refractivity contribution in [2.75, 3.05) is 33.5 Å². The molecule has 0 bridgehead atoms. The standard InChI is InChI=1S/C30H40N4O6/c1-19-13-23(17-33(3)29(19)35)28-32-25-14-22(5-6-26(25)34(28)16-21-7-10-38-11-8-21)15-31-27(20(2)37-4)30(36)40-24-9-12-39-18-24/h5-6,13-14,17,20-21,24,27,31H,7-12,15-16,18H2,1-4H3/t20-,24-,27-/m0/s1. The fourth-order valence-electron chi connectivity index (χ4n) is 5.53. The second-order valence-corrected chi connectivity index (χ2v) is 11.0. The Hall–Kier alpha value is -3.05. The molecule has 2 aliphatic heterocycles. The van der Waals surface area contributed by atoms with Gasteiger partial charge in [-0.25, -0.2) is 4.98 Å². The maximum absolute atomic E-state index is 12.9. The summed E-state index contributed by atoms with van der Waals surface area (Å²) in [5.41, 5.74) is 4.49. The van der Waals surface area contributed by atoms with Crippen molar-refractivity contribution in [3.8, 4) is 11.4 Å². The van der Waals surface area contributed by atoms with E-state index in [9.17, 15) is 9.59 Å². The van der Waals surface area contributed by atoms with E-state index in [-0.39, 0.29) is 23.7 Å². The van der Waals surface area contributed by atoms with Gasteiger partial charge in [0.25, 0.3) is 5.56 Å². The third-order valence-corrected chi connectivity index (χ3v) is 8.01. The van der Waals surface area contributed by atoms with Crippen molar-refractivity contribution in [1.29, 1.82) is 0 Å². The lowest BCUT2D eigenvalue weighted by Crippen LogP contribution is -2.47. The summed E-state index contributed by atoms with van der Waals surface area (Å²) in [7, 11) is 3.36. The summed E-state index contributed by atoms with van der Waals surface area (Å²) in [5, 5.41) is 3.34. The molecule has 0 unspecified atom stereocenters. The van der Waals surface area contributed by atoms with E-state index in [0.717, 1.165) is 60.6 Å². The lowest BCUT2D eigenvalue weighted by molar-refractivity contribution is -0.155. The number of ether oxygens (including phenoxy) is 4. The molecule has 10 heteroatoms. The van der Waals surface area contributed by atoms with Gasteiger partial charge >= 0.3 is 5.97 Å². The quantitative estimate of drug-likeness (QED) is 0.383. The van der Waals surface area contributed by atoms with E-state index in [1.54, 1.807) is 18.7 Å². The summed E-state index contributed by atoms with van der Waals surface area (Å²) in [6.07, 6.45) is 4.01. The first-order chi connectivity index (χ1) is 19.3. The number of benzene rings is 1. The number of aromatic nitrogens is 3. The van der Waals surface area contributed by atoms with Crippen molar-refractivity contribution in [2.24, 2.45) is 13.0 Å². The second kappa shape index (κ2) is 12.6. The third-order valence-electron chi connectivity index (χ3n) is 8.01. The summed E-state index contributed by atoms with van der Waals surface area (Å²) >= 11 is 0. The number of carbonyl (C=O) groups is 1. The number of nitrogens with zero attached hydrogens (tertiary/aromatic N) is 3. The van der Waals surface area contributed by atoms with E-state index in [2.05, 4.69) is 28.1 Å². The van der Waals surface area contributed by atoms with Gasteiger partial charge in [0.2, 0.25) is 0 Å². The summed E-state index contributed by atoms with van der Waals surface area (Å²) in [6.45, 7) is 7.57. The highest BCUT2D eigenvalue weighted by molar-refractivity contribution is 5.81. The number of carbonyl (C=O) groups excluding carboxylic acids is 1. The number of methoxy groups -OCH3 is 1. The summed E-state index contributed by atoms with van der Waals surface area (Å²) in [5.74, 6) is 1.00. The Balaban J connectivity index is 1.42. The molecule has 2 aromatic heterocycles. The van der Waals surface area contributed by atoms with Gasteiger partial charge in [0.1, 0.15) is 18.0 Å². The van der Waals surface area contributed by atoms with Crippen LogP contribution in [-0.2, 0) is 43.9 Å². The molecule has 0 aliphatic carbocycles. The molecule has 2 fully saturated rings. The van der Waals surface area contributed by atoms with Crippen molar-refractivity contribution in [1.82, 2.24) is 19.4 Å². The Morgan fingerprint density at radius 1 is 1.18 bits per heavy atom. The fourth-order valence-corrected chi connectivity index (χ4v) is 5.53. The average molecular weight is 553 g/mol. The zero-order valence-corrected chi connectivity index (χ0v) is 23.9. The van der Waals surface area contributed by atoms with Crippen molar-refractivity contribution >= 4 is 17.0 Å². The molecule has 40 heavy (non-hydrogen) atoms. The molecule has 0 spiro atoms. The first kappa shape index (κ1) is 28.5. The Bertz CT molecular complexity index is 1360. The number of fused-ring (bicyclic) bond motifs is 1. The summed E-state index contributed by atoms with van der Waals surface area (Å²) in [4.78, 5) is 30.4. The predicted molar refractivity (Wildman–Crippen MR) is 151 cm³/mol. The molecule has 5 rings (SSSR count). The van der Waals surface area contributed by atoms with Crippen molar-refractivity contribution in [3.05, 3.63) is 51.9 Å². The third kappa shape index (κ3) is 6.30. The molecular formula is C30H40N4O6. The van der Waals surface area contributed by atoms with Gasteiger partial charge in [0.05, 0.1) is 30.4 Å². The number of rotatable bonds is 10. The number of hydrogen-bond donors (Lipinski definition) is 1. The highest BCUT2D eigenvalue weighted by Crippen LogP contribution is 2.29. The molecule has 216 valence electrons. The van der Waals surface area contributed by atoms with Crippen LogP contribution in [-0.4, -0.2) is 71.9 Å². The average Bonchev–Trinajstić information content (AvgIpc) is 3.59. The van der Waals surface area contributed by atoms with Crippen LogP contribution in [0.2, 0.25) is 0 Å². The molecule has 3 atom stereocenters. The number of aryl methyl sites for hydroxylation is 2. The number of pyridine rings is 1. The minimum absolute atomic E-state index is 0.0111. The van der Waals surface area contributed by atoms with Crippen LogP contribution < -0.4 is 10.9 Å². The Kier molecular flexibility index (Phi) is 9.00. The molecule has 0 radical (unpaired) electrons. The van der Waals surface area contributed by atoms with Gasteiger partial charge in [-0.2, -0.15) is 0 Å². The van der Waals surface area contributed by atoms with Gasteiger partial charge in [0, 0.05) is 64.2 Å². The number of esters is 1. The minimum Gasteiger partial charge on any atom is -0.459 e. The smallest absolute Gasteiger partial charge is 0.326 e. The number of imidazole rings is 1. The van der Waals surface area contributed by atoms with Gasteiger partial charge in [-0.3, -0.25) is 14.9 Å². The van der Waals surface area contributed by atoms with Gasteiger partial charge in [0.15, 0.2) is 0 Å². The molecule has 2 aliphatic rings. The Labute approximate surface area is 234 Å². The van der Waals surface area contributed by atoms with E-state index >= 15 is 0 Å². The molecular weight excluding hydrogens is 512 g/mol. The van der Waals surface area contributed by atoms with Gasteiger partial charge in [-0.15, -0.1) is 0 Å². The zero-order chi connectivity index (χ0) is 28.2. The molecule has 2 saturated heterocycles. The predicted octanol–water partition coefficient (Wildman–Crippen LogP) is 2.96. The topological polar surface area (TPSA) is 106 Å². The molecule has 3 aromatic rings. The number of nitrogens with one attached hydrogen (secondary N) is 1. The maximum atomic E-state index is 12.9. The van der Waals surface area contributed by atoms with Crippen LogP contribution in [0.1, 0.15) is 37.3 Å². The monoisotopic (exact) mass is 552 g/mol. The van der Waals surface area contributed by atoms with E-state index in [0.29, 0.717) is 37.7 Å². The van der Waals surface area contributed by atoms with Crippen LogP contribution in [0.3, 0.4) is 0 Å². The van der Waals surface area contributed by atoms with Gasteiger partial charge in [-0.1, -0.05) is 6.07 Å². The van der Waals surface area contributed by atoms with Crippen molar-refractivity contribution < 1.29 is 23.7 Å². The molecule has 1 aromatic carbocycles. The van der Waals surface area contributed by atoms with E-state index in [4.69, 9.17) is 23.9 Å². The Morgan fingerprint density at radius 2 is 1.95 bits per heavy atom. The molecule has 0 saturated carbocycles. The van der Waals surface area contributed by atoms with Crippen LogP contribution in [0.4, 0.5) is 0 Å². The Morgan fingerprint density at radius 3 is 2.65 bits per heavy atom. The van der Waals surface area contributed by atoms with E-state index < -0.39 is 6.04 Å². The maximum Gasteiger partial charge on any atom is 0.326 e. The van der Waals surface area contributed by atoms with Gasteiger partial charge < -0.3 is 28.1 Å². The second-order valence-electron chi connectivity index (χ2n) is 11.0. The molecule has 4 heterocycles. The van der Waals surface area contributed by atoms with Crippen LogP contribution >= 0.6 is 0 Å². The largest absolute Gasteiger partial charge is 0.459 e. The highest BCUT2D eigenvalue weighted by atomic mass is 16.6. The van der Waals surface area contributed by atoms with E-state index in [1.807, 2.05) is 26.1 Å². The van der Waals surface area contributed by atoms with E-state index in [1.165, 1.54) is 0 Å². The molecule has 10 nitrogen and oxygen atoms in total. The molecule has 1 N–H and O–H groups in total. The zero-order valence-electron chi connectivity index (χ0n) is 23.9. The van der Waals surface area contributed by atoms with Crippen molar-refractivity contribution in [3.63, 3.8) is 0 Å². The summed E-state index contributed by atoms with van der Waals surface area (Å²) < 4.78 is 26.0. The lowest BCUT2D eigenvalue weighted by Gasteiger charge is -2.24. The fraction of sp³-hybridized carbons (Fsp3) is 0.567. The SMILES string of the molecule is CO[C@@H](C)[C@H](NCc1ccc2c(c1)nc(-c1cc(C)c(=O)n(C)c1)n2CC1CCOCC1)C(=O)O[C@H]1CCOC1. The first-order valence-electron chi connectivity index (χ1n) is 14.1. The number of hydrogen-bond acceptors (Lipinski definition) is 8. The summed E-state index contributed by atoms with van der Waals surface area (Å²) in [6, 6.07) is 7.53. The molecule has 0 amide bonds. The lowest BCUT2D eigenvalue weighted by atomic mass is 10.00. The minimum atomic E-state index is -0.614. The normalized spacial score (nSPS) is 19.6. The highest BCUT2D eigenvalue weighted by Gasteiger charge is 2.30. The van der Waals surface area contributed by atoms with Crippen LogP contribution in [0, 0.1) is 12.8 Å².